The summed E-state index contributed by atoms with van der Waals surface area (Å²) in [5.74, 6) is 6.57. The summed E-state index contributed by atoms with van der Waals surface area (Å²) in [6.07, 6.45) is 19.0. The normalized spacial score (nSPS) is 31.3. The van der Waals surface area contributed by atoms with Gasteiger partial charge in [-0.05, 0) is 131 Å². The van der Waals surface area contributed by atoms with Crippen molar-refractivity contribution in [3.63, 3.8) is 0 Å². The van der Waals surface area contributed by atoms with Crippen LogP contribution in [0.5, 0.6) is 0 Å². The third kappa shape index (κ3) is 7.18. The van der Waals surface area contributed by atoms with Crippen LogP contribution in [-0.4, -0.2) is 41.5 Å². The Morgan fingerprint density at radius 3 is 2.31 bits per heavy atom. The minimum absolute atomic E-state index is 0.304. The molecule has 3 heteroatoms. The molecule has 39 heavy (non-hydrogen) atoms. The molecule has 0 aromatic heterocycles. The van der Waals surface area contributed by atoms with Crippen LogP contribution in [0.2, 0.25) is 0 Å². The molecule has 4 aliphatic rings. The van der Waals surface area contributed by atoms with Crippen molar-refractivity contribution >= 4 is 5.78 Å². The molecule has 1 heterocycles. The van der Waals surface area contributed by atoms with Gasteiger partial charge in [-0.15, -0.1) is 0 Å². The lowest BCUT2D eigenvalue weighted by Gasteiger charge is -2.56. The van der Waals surface area contributed by atoms with Gasteiger partial charge >= 0.3 is 0 Å². The molecule has 0 spiro atoms. The summed E-state index contributed by atoms with van der Waals surface area (Å²) in [7, 11) is 0. The number of rotatable bonds is 16. The summed E-state index contributed by atoms with van der Waals surface area (Å²) in [4.78, 5) is 15.1. The maximum atomic E-state index is 12.3. The second-order valence-corrected chi connectivity index (χ2v) is 14.0. The maximum absolute atomic E-state index is 12.3. The molecular formula is C36H57NO2. The number of ketones is 1. The first-order valence-electron chi connectivity index (χ1n) is 17.0. The van der Waals surface area contributed by atoms with Gasteiger partial charge in [0, 0.05) is 25.6 Å². The fraction of sp³-hybridized carbons (Fsp3) is 0.806. The summed E-state index contributed by atoms with van der Waals surface area (Å²) in [6, 6.07) is 12.2. The summed E-state index contributed by atoms with van der Waals surface area (Å²) >= 11 is 0. The maximum Gasteiger partial charge on any atom is 0.129 e. The van der Waals surface area contributed by atoms with E-state index in [1.165, 1.54) is 89.3 Å². The van der Waals surface area contributed by atoms with Crippen molar-refractivity contribution in [3.05, 3.63) is 35.9 Å². The number of aliphatic hydroxyl groups excluding tert-OH is 1. The number of aliphatic hydroxyl groups is 1. The first-order valence-corrected chi connectivity index (χ1v) is 17.0. The van der Waals surface area contributed by atoms with E-state index >= 15 is 0 Å². The van der Waals surface area contributed by atoms with Gasteiger partial charge in [0.1, 0.15) is 5.78 Å². The van der Waals surface area contributed by atoms with E-state index < -0.39 is 0 Å². The topological polar surface area (TPSA) is 40.5 Å². The summed E-state index contributed by atoms with van der Waals surface area (Å²) in [5.41, 5.74) is 1.46. The number of nitrogens with zero attached hydrogens (tertiary/aromatic N) is 1. The van der Waals surface area contributed by atoms with Crippen LogP contribution in [0.3, 0.4) is 0 Å². The van der Waals surface area contributed by atoms with Crippen molar-refractivity contribution in [1.29, 1.82) is 0 Å². The Hall–Kier alpha value is -1.19. The Labute approximate surface area is 239 Å². The fourth-order valence-electron chi connectivity index (χ4n) is 9.58. The van der Waals surface area contributed by atoms with E-state index in [1.54, 1.807) is 6.92 Å². The molecule has 5 rings (SSSR count). The summed E-state index contributed by atoms with van der Waals surface area (Å²) in [5, 5.41) is 9.89. The standard InChI is InChI=1S/C36H57NO2/c1-3-4-6-12-28(13-9-24-38)36(32(17-14-26(2)39)27-10-7-5-8-11-27)35-21-18-31(33-19-20-34(33)35)29-22-23-37(25-29)30-15-16-30/h5,7-8,10-11,28-36,38H,3-4,6,9,12-25H2,1-2H3/t28?,29?,31?,32?,33-,34?,35?,36?/m0/s1. The monoisotopic (exact) mass is 535 g/mol. The van der Waals surface area contributed by atoms with Gasteiger partial charge in [-0.2, -0.15) is 0 Å². The molecule has 1 aliphatic heterocycles. The van der Waals surface area contributed by atoms with Crippen molar-refractivity contribution in [2.75, 3.05) is 19.7 Å². The van der Waals surface area contributed by atoms with Crippen molar-refractivity contribution in [2.24, 2.45) is 41.4 Å². The molecule has 7 unspecified atom stereocenters. The van der Waals surface area contributed by atoms with Gasteiger partial charge in [0.15, 0.2) is 0 Å². The van der Waals surface area contributed by atoms with Crippen LogP contribution in [-0.2, 0) is 4.79 Å². The van der Waals surface area contributed by atoms with Crippen LogP contribution in [0.4, 0.5) is 0 Å². The number of unbranched alkanes of at least 4 members (excludes halogenated alkanes) is 2. The largest absolute Gasteiger partial charge is 0.396 e. The second kappa shape index (κ2) is 14.1. The minimum atomic E-state index is 0.304. The van der Waals surface area contributed by atoms with E-state index in [2.05, 4.69) is 42.2 Å². The smallest absolute Gasteiger partial charge is 0.129 e. The zero-order valence-corrected chi connectivity index (χ0v) is 25.1. The SMILES string of the molecule is CCCCCC(CCCO)C(C(CCC(C)=O)c1ccccc1)C1CCC(C2CCN(C3CC3)C2)[C@@H]2CCC12. The Balaban J connectivity index is 1.40. The average molecular weight is 536 g/mol. The van der Waals surface area contributed by atoms with Crippen molar-refractivity contribution in [1.82, 2.24) is 4.90 Å². The second-order valence-electron chi connectivity index (χ2n) is 14.0. The van der Waals surface area contributed by atoms with Gasteiger partial charge in [-0.3, -0.25) is 0 Å². The van der Waals surface area contributed by atoms with E-state index in [4.69, 9.17) is 0 Å². The molecule has 3 nitrogen and oxygen atoms in total. The molecule has 0 bridgehead atoms. The molecule has 1 aromatic rings. The minimum Gasteiger partial charge on any atom is -0.396 e. The van der Waals surface area contributed by atoms with Gasteiger partial charge in [0.05, 0.1) is 0 Å². The zero-order valence-electron chi connectivity index (χ0n) is 25.1. The molecule has 218 valence electrons. The lowest BCUT2D eigenvalue weighted by atomic mass is 9.49. The molecule has 1 aromatic carbocycles. The number of carbonyl (C=O) groups excluding carboxylic acids is 1. The Morgan fingerprint density at radius 1 is 0.897 bits per heavy atom. The molecule has 0 radical (unpaired) electrons. The highest BCUT2D eigenvalue weighted by molar-refractivity contribution is 5.75. The van der Waals surface area contributed by atoms with Crippen LogP contribution in [0.25, 0.3) is 0 Å². The molecule has 1 saturated heterocycles. The number of benzene rings is 1. The van der Waals surface area contributed by atoms with Gasteiger partial charge in [-0.1, -0.05) is 62.9 Å². The van der Waals surface area contributed by atoms with Gasteiger partial charge < -0.3 is 14.8 Å². The number of hydrogen-bond acceptors (Lipinski definition) is 3. The zero-order chi connectivity index (χ0) is 27.2. The summed E-state index contributed by atoms with van der Waals surface area (Å²) < 4.78 is 0. The predicted molar refractivity (Wildman–Crippen MR) is 162 cm³/mol. The highest BCUT2D eigenvalue weighted by atomic mass is 16.2. The predicted octanol–water partition coefficient (Wildman–Crippen LogP) is 8.26. The number of fused-ring (bicyclic) bond motifs is 1. The van der Waals surface area contributed by atoms with Crippen LogP contribution in [0.15, 0.2) is 30.3 Å². The lowest BCUT2D eigenvalue weighted by molar-refractivity contribution is -0.117. The average Bonchev–Trinajstić information content (AvgIpc) is 3.66. The van der Waals surface area contributed by atoms with Gasteiger partial charge in [0.2, 0.25) is 0 Å². The quantitative estimate of drug-likeness (QED) is 0.217. The third-order valence-corrected chi connectivity index (χ3v) is 11.7. The first kappa shape index (κ1) is 29.3. The van der Waals surface area contributed by atoms with Crippen LogP contribution >= 0.6 is 0 Å². The van der Waals surface area contributed by atoms with Gasteiger partial charge in [0.25, 0.3) is 0 Å². The lowest BCUT2D eigenvalue weighted by Crippen LogP contribution is -2.49. The highest BCUT2D eigenvalue weighted by Gasteiger charge is 2.52. The Morgan fingerprint density at radius 2 is 1.64 bits per heavy atom. The number of likely N-dealkylation sites (tertiary alicyclic amines) is 1. The molecule has 0 amide bonds. The van der Waals surface area contributed by atoms with Crippen molar-refractivity contribution < 1.29 is 9.90 Å². The number of hydrogen-bond donors (Lipinski definition) is 1. The van der Waals surface area contributed by atoms with E-state index in [0.29, 0.717) is 36.6 Å². The fourth-order valence-corrected chi connectivity index (χ4v) is 9.58. The number of Topliss-reactive ketones (excluding diaryl/α,β-unsaturated/α-hetero) is 1. The van der Waals surface area contributed by atoms with Crippen LogP contribution < -0.4 is 0 Å². The first-order chi connectivity index (χ1) is 19.1. The van der Waals surface area contributed by atoms with Crippen LogP contribution in [0, 0.1) is 41.4 Å². The molecule has 4 fully saturated rings. The number of carbonyl (C=O) groups is 1. The van der Waals surface area contributed by atoms with Crippen molar-refractivity contribution in [3.8, 4) is 0 Å². The van der Waals surface area contributed by atoms with Gasteiger partial charge in [-0.25, -0.2) is 0 Å². The summed E-state index contributed by atoms with van der Waals surface area (Å²) in [6.45, 7) is 7.14. The molecule has 3 saturated carbocycles. The van der Waals surface area contributed by atoms with E-state index in [9.17, 15) is 9.90 Å². The Kier molecular flexibility index (Phi) is 10.6. The van der Waals surface area contributed by atoms with E-state index in [1.807, 2.05) is 0 Å². The van der Waals surface area contributed by atoms with Crippen LogP contribution in [0.1, 0.15) is 122 Å². The molecular weight excluding hydrogens is 478 g/mol. The highest BCUT2D eigenvalue weighted by Crippen LogP contribution is 2.60. The third-order valence-electron chi connectivity index (χ3n) is 11.7. The van der Waals surface area contributed by atoms with Crippen molar-refractivity contribution in [2.45, 2.75) is 122 Å². The molecule has 8 atom stereocenters. The van der Waals surface area contributed by atoms with E-state index in [0.717, 1.165) is 54.9 Å². The molecule has 3 aliphatic carbocycles. The Bertz CT molecular complexity index is 881. The molecule has 1 N–H and O–H groups in total. The van der Waals surface area contributed by atoms with E-state index in [-0.39, 0.29) is 0 Å².